The Bertz CT molecular complexity index is 369. The van der Waals surface area contributed by atoms with Gasteiger partial charge in [0.15, 0.2) is 5.96 Å². The van der Waals surface area contributed by atoms with Crippen LogP contribution >= 0.6 is 24.0 Å². The summed E-state index contributed by atoms with van der Waals surface area (Å²) in [6.45, 7) is 5.88. The molecule has 21 heavy (non-hydrogen) atoms. The van der Waals surface area contributed by atoms with Gasteiger partial charge in [-0.15, -0.1) is 24.0 Å². The van der Waals surface area contributed by atoms with Crippen molar-refractivity contribution in [3.8, 4) is 0 Å². The molecule has 0 saturated carbocycles. The average Bonchev–Trinajstić information content (AvgIpc) is 2.23. The van der Waals surface area contributed by atoms with Gasteiger partial charge in [-0.25, -0.2) is 13.6 Å². The van der Waals surface area contributed by atoms with Crippen LogP contribution in [0.3, 0.4) is 0 Å². The maximum atomic E-state index is 12.1. The topological polar surface area (TPSA) is 66.0 Å². The molecule has 6 nitrogen and oxygen atoms in total. The average molecular weight is 420 g/mol. The minimum absolute atomic E-state index is 0. The van der Waals surface area contributed by atoms with Crippen LogP contribution in [-0.2, 0) is 4.74 Å². The van der Waals surface area contributed by atoms with Gasteiger partial charge < -0.3 is 20.3 Å². The Morgan fingerprint density at radius 2 is 2.00 bits per heavy atom. The molecule has 0 radical (unpaired) electrons. The third-order valence-electron chi connectivity index (χ3n) is 2.52. The van der Waals surface area contributed by atoms with Crippen molar-refractivity contribution in [1.82, 2.24) is 15.5 Å². The van der Waals surface area contributed by atoms with Crippen LogP contribution in [0.15, 0.2) is 4.99 Å². The number of rotatable bonds is 3. The fourth-order valence-corrected chi connectivity index (χ4v) is 1.61. The number of carbonyl (C=O) groups excluding carboxylic acids is 1. The smallest absolute Gasteiger partial charge is 0.410 e. The maximum Gasteiger partial charge on any atom is 0.410 e. The molecule has 2 N–H and O–H groups in total. The predicted octanol–water partition coefficient (Wildman–Crippen LogP) is 1.65. The summed E-state index contributed by atoms with van der Waals surface area (Å²) in [4.78, 5) is 17.1. The van der Waals surface area contributed by atoms with E-state index in [4.69, 9.17) is 4.74 Å². The first-order valence-electron chi connectivity index (χ1n) is 6.44. The number of likely N-dealkylation sites (tertiary alicyclic amines) is 1. The number of ether oxygens (including phenoxy) is 1. The van der Waals surface area contributed by atoms with E-state index in [1.165, 1.54) is 7.05 Å². The summed E-state index contributed by atoms with van der Waals surface area (Å²) < 4.78 is 29.4. The highest BCUT2D eigenvalue weighted by atomic mass is 127. The predicted molar refractivity (Wildman–Crippen MR) is 87.5 cm³/mol. The Kier molecular flexibility index (Phi) is 8.19. The first-order valence-corrected chi connectivity index (χ1v) is 6.44. The van der Waals surface area contributed by atoms with Crippen LogP contribution in [0, 0.1) is 0 Å². The summed E-state index contributed by atoms with van der Waals surface area (Å²) in [7, 11) is 1.51. The van der Waals surface area contributed by atoms with E-state index in [-0.39, 0.29) is 36.1 Å². The second-order valence-corrected chi connectivity index (χ2v) is 5.57. The minimum Gasteiger partial charge on any atom is -0.444 e. The van der Waals surface area contributed by atoms with Crippen molar-refractivity contribution in [3.05, 3.63) is 0 Å². The van der Waals surface area contributed by atoms with E-state index >= 15 is 0 Å². The van der Waals surface area contributed by atoms with E-state index in [0.29, 0.717) is 19.0 Å². The van der Waals surface area contributed by atoms with Gasteiger partial charge in [0.05, 0.1) is 12.6 Å². The molecule has 9 heteroatoms. The van der Waals surface area contributed by atoms with Crippen molar-refractivity contribution >= 4 is 36.0 Å². The standard InChI is InChI=1S/C12H22F2N4O2.HI/c1-12(2,3)20-11(19)18-6-8(7-18)17-10(15-4)16-5-9(13)14;/h8-9H,5-7H2,1-4H3,(H2,15,16,17);1H. The Balaban J connectivity index is 0.00000400. The Hall–Kier alpha value is -0.870. The van der Waals surface area contributed by atoms with Crippen molar-refractivity contribution in [3.63, 3.8) is 0 Å². The molecule has 1 fully saturated rings. The Labute approximate surface area is 140 Å². The van der Waals surface area contributed by atoms with Gasteiger partial charge in [0.25, 0.3) is 6.43 Å². The van der Waals surface area contributed by atoms with Gasteiger partial charge in [0, 0.05) is 20.1 Å². The van der Waals surface area contributed by atoms with E-state index in [9.17, 15) is 13.6 Å². The van der Waals surface area contributed by atoms with Gasteiger partial charge in [0.1, 0.15) is 5.60 Å². The van der Waals surface area contributed by atoms with E-state index in [0.717, 1.165) is 0 Å². The molecule has 1 heterocycles. The number of nitrogens with one attached hydrogen (secondary N) is 2. The van der Waals surface area contributed by atoms with Crippen LogP contribution in [0.4, 0.5) is 13.6 Å². The normalized spacial score (nSPS) is 16.1. The van der Waals surface area contributed by atoms with Gasteiger partial charge in [-0.1, -0.05) is 0 Å². The fourth-order valence-electron chi connectivity index (χ4n) is 1.61. The molecular formula is C12H23F2IN4O2. The quantitative estimate of drug-likeness (QED) is 0.414. The Morgan fingerprint density at radius 3 is 2.43 bits per heavy atom. The highest BCUT2D eigenvalue weighted by Crippen LogP contribution is 2.15. The zero-order chi connectivity index (χ0) is 15.3. The largest absolute Gasteiger partial charge is 0.444 e. The molecule has 1 amide bonds. The molecule has 0 aliphatic carbocycles. The van der Waals surface area contributed by atoms with Gasteiger partial charge in [-0.05, 0) is 20.8 Å². The SMILES string of the molecule is CN=C(NCC(F)F)NC1CN(C(=O)OC(C)(C)C)C1.I. The summed E-state index contributed by atoms with van der Waals surface area (Å²) >= 11 is 0. The number of amides is 1. The van der Waals surface area contributed by atoms with Gasteiger partial charge in [0.2, 0.25) is 0 Å². The highest BCUT2D eigenvalue weighted by molar-refractivity contribution is 14.0. The van der Waals surface area contributed by atoms with Crippen LogP contribution in [0.5, 0.6) is 0 Å². The molecule has 0 aromatic rings. The highest BCUT2D eigenvalue weighted by Gasteiger charge is 2.34. The van der Waals surface area contributed by atoms with Crippen LogP contribution < -0.4 is 10.6 Å². The summed E-state index contributed by atoms with van der Waals surface area (Å²) in [5, 5.41) is 5.47. The number of aliphatic imine (C=N–C) groups is 1. The maximum absolute atomic E-state index is 12.1. The molecule has 0 aromatic carbocycles. The monoisotopic (exact) mass is 420 g/mol. The van der Waals surface area contributed by atoms with Crippen molar-refractivity contribution in [2.75, 3.05) is 26.7 Å². The van der Waals surface area contributed by atoms with Gasteiger partial charge >= 0.3 is 6.09 Å². The van der Waals surface area contributed by atoms with E-state index in [2.05, 4.69) is 15.6 Å². The number of halogens is 3. The Morgan fingerprint density at radius 1 is 1.43 bits per heavy atom. The van der Waals surface area contributed by atoms with Crippen LogP contribution in [0.1, 0.15) is 20.8 Å². The summed E-state index contributed by atoms with van der Waals surface area (Å²) in [5.74, 6) is 0.305. The van der Waals surface area contributed by atoms with Crippen molar-refractivity contribution < 1.29 is 18.3 Å². The fraction of sp³-hybridized carbons (Fsp3) is 0.833. The summed E-state index contributed by atoms with van der Waals surface area (Å²) in [5.41, 5.74) is -0.523. The number of alkyl halides is 2. The molecule has 0 spiro atoms. The first-order chi connectivity index (χ1) is 9.21. The molecule has 1 aliphatic rings. The van der Waals surface area contributed by atoms with E-state index in [1.54, 1.807) is 25.7 Å². The van der Waals surface area contributed by atoms with Crippen LogP contribution in [0.25, 0.3) is 0 Å². The number of hydrogen-bond acceptors (Lipinski definition) is 3. The third kappa shape index (κ3) is 7.63. The molecule has 124 valence electrons. The molecule has 0 bridgehead atoms. The number of guanidine groups is 1. The molecule has 1 aliphatic heterocycles. The van der Waals surface area contributed by atoms with Crippen LogP contribution in [0.2, 0.25) is 0 Å². The lowest BCUT2D eigenvalue weighted by molar-refractivity contribution is 0.00700. The van der Waals surface area contributed by atoms with Gasteiger partial charge in [-0.2, -0.15) is 0 Å². The zero-order valence-corrected chi connectivity index (χ0v) is 15.0. The molecule has 0 atom stereocenters. The number of hydrogen-bond donors (Lipinski definition) is 2. The summed E-state index contributed by atoms with van der Waals surface area (Å²) in [6.07, 6.45) is -2.81. The second-order valence-electron chi connectivity index (χ2n) is 5.57. The van der Waals surface area contributed by atoms with Crippen molar-refractivity contribution in [2.45, 2.75) is 38.8 Å². The number of nitrogens with zero attached hydrogens (tertiary/aromatic N) is 2. The molecule has 0 unspecified atom stereocenters. The first kappa shape index (κ1) is 20.1. The molecule has 1 saturated heterocycles. The lowest BCUT2D eigenvalue weighted by Crippen LogP contribution is -2.63. The lowest BCUT2D eigenvalue weighted by Gasteiger charge is -2.40. The van der Waals surface area contributed by atoms with E-state index in [1.807, 2.05) is 0 Å². The molecule has 1 rings (SSSR count). The van der Waals surface area contributed by atoms with Gasteiger partial charge in [-0.3, -0.25) is 4.99 Å². The molecular weight excluding hydrogens is 397 g/mol. The number of carbonyl (C=O) groups is 1. The zero-order valence-electron chi connectivity index (χ0n) is 12.7. The lowest BCUT2D eigenvalue weighted by atomic mass is 10.1. The van der Waals surface area contributed by atoms with Crippen LogP contribution in [-0.4, -0.2) is 61.7 Å². The minimum atomic E-state index is -2.44. The third-order valence-corrected chi connectivity index (χ3v) is 2.52. The van der Waals surface area contributed by atoms with Crippen molar-refractivity contribution in [2.24, 2.45) is 4.99 Å². The van der Waals surface area contributed by atoms with E-state index < -0.39 is 18.6 Å². The summed E-state index contributed by atoms with van der Waals surface area (Å²) in [6, 6.07) is -0.00797. The second kappa shape index (κ2) is 8.54. The molecule has 0 aromatic heterocycles. The van der Waals surface area contributed by atoms with Crippen molar-refractivity contribution in [1.29, 1.82) is 0 Å².